The number of hydrogen-bond donors (Lipinski definition) is 1. The van der Waals surface area contributed by atoms with Crippen LogP contribution in [0, 0.1) is 12.8 Å². The summed E-state index contributed by atoms with van der Waals surface area (Å²) in [5, 5.41) is 4.18. The molecule has 0 radical (unpaired) electrons. The van der Waals surface area contributed by atoms with Crippen molar-refractivity contribution in [3.63, 3.8) is 0 Å². The molecule has 0 atom stereocenters. The summed E-state index contributed by atoms with van der Waals surface area (Å²) < 4.78 is 24.7. The van der Waals surface area contributed by atoms with Crippen molar-refractivity contribution in [3.8, 4) is 0 Å². The van der Waals surface area contributed by atoms with Crippen LogP contribution in [0.4, 0.5) is 0 Å². The zero-order chi connectivity index (χ0) is 16.9. The number of aryl methyl sites for hydroxylation is 1. The van der Waals surface area contributed by atoms with Crippen molar-refractivity contribution in [2.45, 2.75) is 32.1 Å². The normalized spacial score (nSPS) is 12.4. The third-order valence-corrected chi connectivity index (χ3v) is 4.57. The molecular weight excluding hydrogens is 308 g/mol. The molecule has 0 amide bonds. The molecule has 23 heavy (non-hydrogen) atoms. The van der Waals surface area contributed by atoms with Crippen LogP contribution < -0.4 is 4.83 Å². The molecule has 0 unspecified atom stereocenters. The molecule has 0 bridgehead atoms. The van der Waals surface area contributed by atoms with Gasteiger partial charge in [0.2, 0.25) is 0 Å². The lowest BCUT2D eigenvalue weighted by molar-refractivity contribution is 0.583. The van der Waals surface area contributed by atoms with E-state index in [2.05, 4.69) is 23.8 Å². The summed E-state index contributed by atoms with van der Waals surface area (Å²) in [4.78, 5) is 2.57. The lowest BCUT2D eigenvalue weighted by Crippen LogP contribution is -2.21. The maximum Gasteiger partial charge on any atom is 0.276 e. The Morgan fingerprint density at radius 2 is 1.65 bits per heavy atom. The molecule has 0 heterocycles. The van der Waals surface area contributed by atoms with Crippen LogP contribution in [0.5, 0.6) is 0 Å². The predicted molar refractivity (Wildman–Crippen MR) is 93.9 cm³/mol. The van der Waals surface area contributed by atoms with E-state index in [1.165, 1.54) is 0 Å². The minimum atomic E-state index is -3.65. The number of hydrazone groups is 1. The van der Waals surface area contributed by atoms with Crippen molar-refractivity contribution in [2.24, 2.45) is 11.0 Å². The number of hydrogen-bond acceptors (Lipinski definition) is 3. The highest BCUT2D eigenvalue weighted by Crippen LogP contribution is 2.13. The average molecular weight is 330 g/mol. The second-order valence-electron chi connectivity index (χ2n) is 5.93. The molecule has 0 aliphatic carbocycles. The molecule has 2 aromatic carbocycles. The Morgan fingerprint density at radius 3 is 2.22 bits per heavy atom. The standard InChI is InChI=1S/C18H22N2O2S/c1-14(2)13-18(16-7-5-4-6-8-16)19-20-23(21,22)17-11-9-15(3)10-12-17/h4-12,14,20H,13H2,1-3H3/b19-18+. The maximum atomic E-state index is 12.3. The minimum Gasteiger partial charge on any atom is -0.200 e. The zero-order valence-corrected chi connectivity index (χ0v) is 14.5. The summed E-state index contributed by atoms with van der Waals surface area (Å²) in [6.45, 7) is 6.07. The van der Waals surface area contributed by atoms with Crippen molar-refractivity contribution in [1.82, 2.24) is 4.83 Å². The van der Waals surface area contributed by atoms with Crippen molar-refractivity contribution in [3.05, 3.63) is 65.7 Å². The van der Waals surface area contributed by atoms with Crippen molar-refractivity contribution < 1.29 is 8.42 Å². The third kappa shape index (κ3) is 4.93. The van der Waals surface area contributed by atoms with Crippen LogP contribution in [0.25, 0.3) is 0 Å². The summed E-state index contributed by atoms with van der Waals surface area (Å²) >= 11 is 0. The topological polar surface area (TPSA) is 58.5 Å². The third-order valence-electron chi connectivity index (χ3n) is 3.34. The number of sulfonamides is 1. The van der Waals surface area contributed by atoms with Gasteiger partial charge in [-0.2, -0.15) is 18.4 Å². The minimum absolute atomic E-state index is 0.212. The zero-order valence-electron chi connectivity index (χ0n) is 13.7. The molecule has 1 N–H and O–H groups in total. The summed E-state index contributed by atoms with van der Waals surface area (Å²) in [6, 6.07) is 16.3. The van der Waals surface area contributed by atoms with E-state index >= 15 is 0 Å². The van der Waals surface area contributed by atoms with E-state index in [0.717, 1.165) is 16.8 Å². The summed E-state index contributed by atoms with van der Waals surface area (Å²) in [5.74, 6) is 0.373. The number of benzene rings is 2. The van der Waals surface area contributed by atoms with Gasteiger partial charge in [-0.25, -0.2) is 0 Å². The molecule has 122 valence electrons. The van der Waals surface area contributed by atoms with Gasteiger partial charge >= 0.3 is 0 Å². The lowest BCUT2D eigenvalue weighted by atomic mass is 10.0. The molecule has 0 spiro atoms. The van der Waals surface area contributed by atoms with Gasteiger partial charge in [0.15, 0.2) is 0 Å². The van der Waals surface area contributed by atoms with Gasteiger partial charge in [-0.1, -0.05) is 61.9 Å². The van der Waals surface area contributed by atoms with Gasteiger partial charge in [0.05, 0.1) is 10.6 Å². The van der Waals surface area contributed by atoms with Crippen LogP contribution in [0.1, 0.15) is 31.4 Å². The highest BCUT2D eigenvalue weighted by Gasteiger charge is 2.14. The van der Waals surface area contributed by atoms with Gasteiger partial charge in [0.1, 0.15) is 0 Å². The molecule has 0 saturated heterocycles. The van der Waals surface area contributed by atoms with E-state index in [9.17, 15) is 8.42 Å². The van der Waals surface area contributed by atoms with Crippen LogP contribution in [-0.4, -0.2) is 14.1 Å². The van der Waals surface area contributed by atoms with Gasteiger partial charge in [-0.3, -0.25) is 0 Å². The van der Waals surface area contributed by atoms with Crippen molar-refractivity contribution in [2.75, 3.05) is 0 Å². The second-order valence-corrected chi connectivity index (χ2v) is 7.59. The predicted octanol–water partition coefficient (Wildman–Crippen LogP) is 3.72. The van der Waals surface area contributed by atoms with Gasteiger partial charge < -0.3 is 0 Å². The molecule has 0 saturated carbocycles. The van der Waals surface area contributed by atoms with Gasteiger partial charge in [0.25, 0.3) is 10.0 Å². The number of nitrogens with zero attached hydrogens (tertiary/aromatic N) is 1. The Balaban J connectivity index is 2.27. The first-order valence-corrected chi connectivity index (χ1v) is 9.07. The SMILES string of the molecule is Cc1ccc(S(=O)(=O)N/N=C(\CC(C)C)c2ccccc2)cc1. The van der Waals surface area contributed by atoms with Gasteiger partial charge in [-0.15, -0.1) is 0 Å². The van der Waals surface area contributed by atoms with E-state index < -0.39 is 10.0 Å². The molecular formula is C18H22N2O2S. The molecule has 0 aromatic heterocycles. The summed E-state index contributed by atoms with van der Waals surface area (Å²) in [7, 11) is -3.65. The Kier molecular flexibility index (Phi) is 5.55. The first-order valence-electron chi connectivity index (χ1n) is 7.59. The highest BCUT2D eigenvalue weighted by atomic mass is 32.2. The summed E-state index contributed by atoms with van der Waals surface area (Å²) in [5.41, 5.74) is 2.67. The van der Waals surface area contributed by atoms with E-state index in [4.69, 9.17) is 0 Å². The number of nitrogens with one attached hydrogen (secondary N) is 1. The quantitative estimate of drug-likeness (QED) is 0.648. The van der Waals surface area contributed by atoms with Crippen LogP contribution >= 0.6 is 0 Å². The molecule has 2 aromatic rings. The fraction of sp³-hybridized carbons (Fsp3) is 0.278. The summed E-state index contributed by atoms with van der Waals surface area (Å²) in [6.07, 6.45) is 0.695. The molecule has 2 rings (SSSR count). The molecule has 0 aliphatic rings. The first-order chi connectivity index (χ1) is 10.9. The fourth-order valence-corrected chi connectivity index (χ4v) is 2.96. The van der Waals surface area contributed by atoms with E-state index in [0.29, 0.717) is 12.3 Å². The average Bonchev–Trinajstić information content (AvgIpc) is 2.52. The number of rotatable bonds is 6. The molecule has 4 nitrogen and oxygen atoms in total. The maximum absolute atomic E-state index is 12.3. The highest BCUT2D eigenvalue weighted by molar-refractivity contribution is 7.89. The Morgan fingerprint density at radius 1 is 1.04 bits per heavy atom. The smallest absolute Gasteiger partial charge is 0.200 e. The van der Waals surface area contributed by atoms with E-state index in [-0.39, 0.29) is 4.90 Å². The largest absolute Gasteiger partial charge is 0.276 e. The second kappa shape index (κ2) is 7.42. The monoisotopic (exact) mass is 330 g/mol. The molecule has 0 aliphatic heterocycles. The van der Waals surface area contributed by atoms with Crippen LogP contribution in [0.15, 0.2) is 64.6 Å². The first kappa shape index (κ1) is 17.2. The van der Waals surface area contributed by atoms with Crippen LogP contribution in [0.2, 0.25) is 0 Å². The van der Waals surface area contributed by atoms with Crippen LogP contribution in [-0.2, 0) is 10.0 Å². The lowest BCUT2D eigenvalue weighted by Gasteiger charge is -2.11. The Bertz CT molecular complexity index is 764. The van der Waals surface area contributed by atoms with Crippen molar-refractivity contribution >= 4 is 15.7 Å². The fourth-order valence-electron chi connectivity index (χ4n) is 2.13. The van der Waals surface area contributed by atoms with Gasteiger partial charge in [0, 0.05) is 0 Å². The van der Waals surface area contributed by atoms with Gasteiger partial charge in [-0.05, 0) is 37.0 Å². The van der Waals surface area contributed by atoms with Crippen LogP contribution in [0.3, 0.4) is 0 Å². The van der Waals surface area contributed by atoms with Crippen molar-refractivity contribution in [1.29, 1.82) is 0 Å². The molecule has 5 heteroatoms. The van der Waals surface area contributed by atoms with E-state index in [1.807, 2.05) is 37.3 Å². The Labute approximate surface area is 138 Å². The Hall–Kier alpha value is -2.14. The van der Waals surface area contributed by atoms with E-state index in [1.54, 1.807) is 24.3 Å². The molecule has 0 fully saturated rings.